The summed E-state index contributed by atoms with van der Waals surface area (Å²) in [5.41, 5.74) is 2.24. The Labute approximate surface area is 218 Å². The van der Waals surface area contributed by atoms with Crippen molar-refractivity contribution in [2.45, 2.75) is 102 Å². The molecule has 0 radical (unpaired) electrons. The fourth-order valence-electron chi connectivity index (χ4n) is 5.04. The van der Waals surface area contributed by atoms with E-state index in [-0.39, 0.29) is 22.9 Å². The second-order valence-corrected chi connectivity index (χ2v) is 15.2. The fourth-order valence-corrected chi connectivity index (χ4v) is 7.92. The number of hydrogen-bond donors (Lipinski definition) is 2. The maximum atomic E-state index is 12.3. The van der Waals surface area contributed by atoms with Gasteiger partial charge in [0.25, 0.3) is 0 Å². The summed E-state index contributed by atoms with van der Waals surface area (Å²) in [6.07, 6.45) is 6.19. The molecule has 2 aliphatic carbocycles. The summed E-state index contributed by atoms with van der Waals surface area (Å²) < 4.78 is 54.8. The first-order valence-electron chi connectivity index (χ1n) is 12.8. The highest BCUT2D eigenvalue weighted by Crippen LogP contribution is 2.38. The van der Waals surface area contributed by atoms with Crippen LogP contribution in [-0.2, 0) is 20.0 Å². The van der Waals surface area contributed by atoms with E-state index in [2.05, 4.69) is 37.1 Å². The summed E-state index contributed by atoms with van der Waals surface area (Å²) in [4.78, 5) is 0.714. The van der Waals surface area contributed by atoms with Crippen molar-refractivity contribution in [2.24, 2.45) is 10.8 Å². The SMILES string of the molecule is Cc1ccc(S(=O)(=O)N[C@H]2CCCC2(C)C)cc1.Cc1ccc(S(=O)(=O)N[C@H]2CCCC2(C)C)cc1. The Kier molecular flexibility index (Phi) is 8.76. The van der Waals surface area contributed by atoms with Crippen molar-refractivity contribution in [3.63, 3.8) is 0 Å². The van der Waals surface area contributed by atoms with E-state index in [0.29, 0.717) is 9.79 Å². The van der Waals surface area contributed by atoms with E-state index in [9.17, 15) is 16.8 Å². The summed E-state index contributed by atoms with van der Waals surface area (Å²) in [6, 6.07) is 14.1. The van der Waals surface area contributed by atoms with E-state index in [1.165, 1.54) is 0 Å². The van der Waals surface area contributed by atoms with Gasteiger partial charge in [0.15, 0.2) is 0 Å². The van der Waals surface area contributed by atoms with Crippen molar-refractivity contribution in [3.8, 4) is 0 Å². The molecule has 2 aliphatic rings. The first-order valence-corrected chi connectivity index (χ1v) is 15.8. The van der Waals surface area contributed by atoms with E-state index in [1.807, 2.05) is 38.1 Å². The van der Waals surface area contributed by atoms with Crippen LogP contribution in [0.25, 0.3) is 0 Å². The number of aryl methyl sites for hydroxylation is 2. The molecule has 8 heteroatoms. The molecule has 200 valence electrons. The zero-order valence-electron chi connectivity index (χ0n) is 22.5. The summed E-state index contributed by atoms with van der Waals surface area (Å²) in [7, 11) is -6.76. The van der Waals surface area contributed by atoms with Gasteiger partial charge < -0.3 is 0 Å². The van der Waals surface area contributed by atoms with Crippen molar-refractivity contribution in [3.05, 3.63) is 59.7 Å². The topological polar surface area (TPSA) is 92.3 Å². The normalized spacial score (nSPS) is 23.2. The van der Waals surface area contributed by atoms with Crippen LogP contribution in [0.2, 0.25) is 0 Å². The van der Waals surface area contributed by atoms with Crippen LogP contribution in [0.4, 0.5) is 0 Å². The van der Waals surface area contributed by atoms with Gasteiger partial charge in [0.1, 0.15) is 0 Å². The molecule has 2 atom stereocenters. The third-order valence-corrected chi connectivity index (χ3v) is 10.7. The molecule has 0 aromatic heterocycles. The lowest BCUT2D eigenvalue weighted by molar-refractivity contribution is 0.313. The summed E-state index contributed by atoms with van der Waals surface area (Å²) in [5.74, 6) is 0. The van der Waals surface area contributed by atoms with Gasteiger partial charge in [0, 0.05) is 12.1 Å². The van der Waals surface area contributed by atoms with Crippen molar-refractivity contribution in [1.29, 1.82) is 0 Å². The quantitative estimate of drug-likeness (QED) is 0.497. The summed E-state index contributed by atoms with van der Waals surface area (Å²) in [5, 5.41) is 0. The highest BCUT2D eigenvalue weighted by atomic mass is 32.2. The van der Waals surface area contributed by atoms with Crippen LogP contribution in [0.1, 0.15) is 77.3 Å². The van der Waals surface area contributed by atoms with E-state index in [0.717, 1.165) is 49.7 Å². The molecule has 0 unspecified atom stereocenters. The van der Waals surface area contributed by atoms with Crippen LogP contribution >= 0.6 is 0 Å². The van der Waals surface area contributed by atoms with Gasteiger partial charge in [-0.05, 0) is 74.6 Å². The Morgan fingerprint density at radius 3 is 1.17 bits per heavy atom. The van der Waals surface area contributed by atoms with Crippen LogP contribution in [0.3, 0.4) is 0 Å². The minimum atomic E-state index is -3.38. The first-order chi connectivity index (χ1) is 16.6. The van der Waals surface area contributed by atoms with E-state index < -0.39 is 20.0 Å². The average Bonchev–Trinajstić information content (AvgIpc) is 3.28. The molecule has 0 aliphatic heterocycles. The Bertz CT molecular complexity index is 1130. The molecule has 2 N–H and O–H groups in total. The Hall–Kier alpha value is -1.74. The molecule has 0 heterocycles. The van der Waals surface area contributed by atoms with Gasteiger partial charge in [-0.1, -0.05) is 75.9 Å². The Morgan fingerprint density at radius 1 is 0.611 bits per heavy atom. The lowest BCUT2D eigenvalue weighted by Gasteiger charge is -2.27. The van der Waals surface area contributed by atoms with E-state index in [1.54, 1.807) is 24.3 Å². The van der Waals surface area contributed by atoms with Gasteiger partial charge in [-0.3, -0.25) is 0 Å². The molecule has 0 saturated heterocycles. The Balaban J connectivity index is 0.000000201. The van der Waals surface area contributed by atoms with Crippen LogP contribution < -0.4 is 9.44 Å². The minimum absolute atomic E-state index is 0.0452. The highest BCUT2D eigenvalue weighted by Gasteiger charge is 2.38. The molecule has 2 aromatic carbocycles. The monoisotopic (exact) mass is 534 g/mol. The molecule has 2 aromatic rings. The minimum Gasteiger partial charge on any atom is -0.208 e. The second-order valence-electron chi connectivity index (χ2n) is 11.7. The standard InChI is InChI=1S/2C14H21NO2S/c2*1-11-6-8-12(9-7-11)18(16,17)15-13-5-4-10-14(13,2)3/h2*6-9,13,15H,4-5,10H2,1-3H3/t2*13-/m00/s1. The number of benzene rings is 2. The molecule has 4 rings (SSSR count). The van der Waals surface area contributed by atoms with Crippen LogP contribution in [0.15, 0.2) is 58.3 Å². The summed E-state index contributed by atoms with van der Waals surface area (Å²) >= 11 is 0. The van der Waals surface area contributed by atoms with Crippen LogP contribution in [0, 0.1) is 24.7 Å². The zero-order chi connectivity index (χ0) is 26.8. The third-order valence-electron chi connectivity index (χ3n) is 7.77. The van der Waals surface area contributed by atoms with Gasteiger partial charge in [-0.2, -0.15) is 0 Å². The summed E-state index contributed by atoms with van der Waals surface area (Å²) in [6.45, 7) is 12.4. The largest absolute Gasteiger partial charge is 0.240 e. The number of sulfonamides is 2. The smallest absolute Gasteiger partial charge is 0.208 e. The van der Waals surface area contributed by atoms with E-state index in [4.69, 9.17) is 0 Å². The number of rotatable bonds is 6. The van der Waals surface area contributed by atoms with Crippen molar-refractivity contribution < 1.29 is 16.8 Å². The molecule has 2 fully saturated rings. The highest BCUT2D eigenvalue weighted by molar-refractivity contribution is 7.89. The molecule has 0 amide bonds. The van der Waals surface area contributed by atoms with Crippen molar-refractivity contribution in [2.75, 3.05) is 0 Å². The molecule has 36 heavy (non-hydrogen) atoms. The number of hydrogen-bond acceptors (Lipinski definition) is 4. The maximum absolute atomic E-state index is 12.3. The van der Waals surface area contributed by atoms with Gasteiger partial charge in [-0.25, -0.2) is 26.3 Å². The van der Waals surface area contributed by atoms with Crippen LogP contribution in [-0.4, -0.2) is 28.9 Å². The lowest BCUT2D eigenvalue weighted by atomic mass is 9.88. The van der Waals surface area contributed by atoms with Gasteiger partial charge in [-0.15, -0.1) is 0 Å². The molecule has 2 saturated carbocycles. The molecular formula is C28H42N2O4S2. The first kappa shape index (κ1) is 28.8. The zero-order valence-corrected chi connectivity index (χ0v) is 24.1. The predicted octanol–water partition coefficient (Wildman–Crippen LogP) is 5.70. The van der Waals surface area contributed by atoms with Crippen molar-refractivity contribution in [1.82, 2.24) is 9.44 Å². The lowest BCUT2D eigenvalue weighted by Crippen LogP contribution is -2.41. The van der Waals surface area contributed by atoms with Gasteiger partial charge in [0.2, 0.25) is 20.0 Å². The van der Waals surface area contributed by atoms with Gasteiger partial charge >= 0.3 is 0 Å². The van der Waals surface area contributed by atoms with Gasteiger partial charge in [0.05, 0.1) is 9.79 Å². The third kappa shape index (κ3) is 7.18. The maximum Gasteiger partial charge on any atom is 0.240 e. The van der Waals surface area contributed by atoms with Crippen LogP contribution in [0.5, 0.6) is 0 Å². The van der Waals surface area contributed by atoms with E-state index >= 15 is 0 Å². The molecule has 6 nitrogen and oxygen atoms in total. The van der Waals surface area contributed by atoms with Crippen molar-refractivity contribution >= 4 is 20.0 Å². The fraction of sp³-hybridized carbons (Fsp3) is 0.571. The Morgan fingerprint density at radius 2 is 0.917 bits per heavy atom. The predicted molar refractivity (Wildman–Crippen MR) is 146 cm³/mol. The number of nitrogens with one attached hydrogen (secondary N) is 2. The molecule has 0 bridgehead atoms. The average molecular weight is 535 g/mol. The molecular weight excluding hydrogens is 492 g/mol. The second kappa shape index (κ2) is 10.9. The molecule has 0 spiro atoms.